The molecule has 0 bridgehead atoms. The first-order valence-corrected chi connectivity index (χ1v) is 7.67. The lowest BCUT2D eigenvalue weighted by atomic mass is 10.2. The second-order valence-electron chi connectivity index (χ2n) is 4.16. The molecule has 0 spiro atoms. The van der Waals surface area contributed by atoms with Crippen LogP contribution in [0.4, 0.5) is 4.39 Å². The molecule has 0 aliphatic carbocycles. The molecule has 0 aliphatic heterocycles. The lowest BCUT2D eigenvalue weighted by Gasteiger charge is -2.07. The zero-order chi connectivity index (χ0) is 14.6. The highest BCUT2D eigenvalue weighted by Crippen LogP contribution is 2.14. The summed E-state index contributed by atoms with van der Waals surface area (Å²) in [4.78, 5) is 11.4. The van der Waals surface area contributed by atoms with Crippen LogP contribution in [0.1, 0.15) is 5.56 Å². The van der Waals surface area contributed by atoms with Crippen LogP contribution >= 0.6 is 24.2 Å². The molecule has 1 amide bonds. The van der Waals surface area contributed by atoms with Gasteiger partial charge in [0.05, 0.1) is 13.2 Å². The van der Waals surface area contributed by atoms with Crippen LogP contribution in [-0.4, -0.2) is 45.0 Å². The van der Waals surface area contributed by atoms with Crippen molar-refractivity contribution in [2.45, 2.75) is 5.75 Å². The first-order valence-electron chi connectivity index (χ1n) is 6.51. The van der Waals surface area contributed by atoms with Gasteiger partial charge in [0.1, 0.15) is 5.82 Å². The smallest absolute Gasteiger partial charge is 0.233 e. The number of ether oxygens (including phenoxy) is 1. The average Bonchev–Trinajstić information content (AvgIpc) is 2.45. The van der Waals surface area contributed by atoms with Gasteiger partial charge in [0, 0.05) is 31.7 Å². The third-order valence-corrected chi connectivity index (χ3v) is 3.56. The van der Waals surface area contributed by atoms with Gasteiger partial charge in [-0.2, -0.15) is 11.8 Å². The molecule has 1 aromatic carbocycles. The van der Waals surface area contributed by atoms with E-state index in [2.05, 4.69) is 10.6 Å². The maximum atomic E-state index is 13.3. The van der Waals surface area contributed by atoms with Crippen molar-refractivity contribution in [3.8, 4) is 0 Å². The average molecular weight is 337 g/mol. The third-order valence-electron chi connectivity index (χ3n) is 2.55. The van der Waals surface area contributed by atoms with Gasteiger partial charge in [0.15, 0.2) is 0 Å². The Morgan fingerprint density at radius 3 is 2.81 bits per heavy atom. The third kappa shape index (κ3) is 9.68. The van der Waals surface area contributed by atoms with Crippen LogP contribution in [0.5, 0.6) is 0 Å². The highest BCUT2D eigenvalue weighted by Gasteiger charge is 2.02. The zero-order valence-electron chi connectivity index (χ0n) is 12.1. The molecule has 0 aromatic heterocycles. The van der Waals surface area contributed by atoms with Crippen molar-refractivity contribution < 1.29 is 13.9 Å². The lowest BCUT2D eigenvalue weighted by Crippen LogP contribution is -2.36. The number of hydrogen-bond acceptors (Lipinski definition) is 4. The molecule has 0 saturated heterocycles. The number of rotatable bonds is 10. The minimum absolute atomic E-state index is 0. The van der Waals surface area contributed by atoms with Gasteiger partial charge in [0.2, 0.25) is 5.91 Å². The van der Waals surface area contributed by atoms with Crippen LogP contribution in [0.3, 0.4) is 0 Å². The highest BCUT2D eigenvalue weighted by atomic mass is 35.5. The predicted octanol–water partition coefficient (Wildman–Crippen LogP) is 1.83. The second kappa shape index (κ2) is 12.9. The van der Waals surface area contributed by atoms with E-state index in [1.165, 1.54) is 6.07 Å². The topological polar surface area (TPSA) is 50.4 Å². The van der Waals surface area contributed by atoms with Crippen LogP contribution < -0.4 is 10.6 Å². The fraction of sp³-hybridized carbons (Fsp3) is 0.500. The molecule has 4 nitrogen and oxygen atoms in total. The maximum absolute atomic E-state index is 13.3. The fourth-order valence-electron chi connectivity index (χ4n) is 1.50. The van der Waals surface area contributed by atoms with Gasteiger partial charge in [-0.15, -0.1) is 12.4 Å². The van der Waals surface area contributed by atoms with Crippen molar-refractivity contribution in [2.75, 3.05) is 39.1 Å². The van der Waals surface area contributed by atoms with Crippen molar-refractivity contribution >= 4 is 30.1 Å². The Morgan fingerprint density at radius 1 is 1.33 bits per heavy atom. The molecular weight excluding hydrogens is 315 g/mol. The number of benzene rings is 1. The standard InChI is InChI=1S/C14H21FN2O2S.ClH/c1-19-8-6-16-10-14(18)17-7-9-20-11-12-4-2-3-5-13(12)15;/h2-5,16H,6-11H2,1H3,(H,17,18);1H. The number of hydrogen-bond donors (Lipinski definition) is 2. The molecule has 1 rings (SSSR count). The van der Waals surface area contributed by atoms with E-state index in [1.807, 2.05) is 6.07 Å². The van der Waals surface area contributed by atoms with Crippen molar-refractivity contribution in [1.29, 1.82) is 0 Å². The molecule has 0 aliphatic rings. The van der Waals surface area contributed by atoms with Gasteiger partial charge in [-0.3, -0.25) is 4.79 Å². The van der Waals surface area contributed by atoms with Gasteiger partial charge < -0.3 is 15.4 Å². The summed E-state index contributed by atoms with van der Waals surface area (Å²) in [5.74, 6) is 1.17. The number of nitrogens with one attached hydrogen (secondary N) is 2. The number of carbonyl (C=O) groups excluding carboxylic acids is 1. The molecule has 0 heterocycles. The summed E-state index contributed by atoms with van der Waals surface area (Å²) in [6.45, 7) is 2.13. The summed E-state index contributed by atoms with van der Waals surface area (Å²) in [5.41, 5.74) is 0.699. The van der Waals surface area contributed by atoms with Crippen molar-refractivity contribution in [3.63, 3.8) is 0 Å². The molecule has 0 unspecified atom stereocenters. The molecule has 1 aromatic rings. The Morgan fingerprint density at radius 2 is 2.10 bits per heavy atom. The van der Waals surface area contributed by atoms with Crippen LogP contribution in [0.2, 0.25) is 0 Å². The van der Waals surface area contributed by atoms with E-state index in [4.69, 9.17) is 4.74 Å². The summed E-state index contributed by atoms with van der Waals surface area (Å²) < 4.78 is 18.2. The van der Waals surface area contributed by atoms with E-state index >= 15 is 0 Å². The Labute approximate surface area is 135 Å². The van der Waals surface area contributed by atoms with E-state index in [0.29, 0.717) is 37.6 Å². The molecule has 21 heavy (non-hydrogen) atoms. The number of amides is 1. The minimum atomic E-state index is -0.175. The monoisotopic (exact) mass is 336 g/mol. The summed E-state index contributed by atoms with van der Waals surface area (Å²) >= 11 is 1.60. The quantitative estimate of drug-likeness (QED) is 0.640. The first kappa shape index (κ1) is 20.2. The summed E-state index contributed by atoms with van der Waals surface area (Å²) in [6.07, 6.45) is 0. The van der Waals surface area contributed by atoms with Crippen molar-refractivity contribution in [3.05, 3.63) is 35.6 Å². The summed E-state index contributed by atoms with van der Waals surface area (Å²) in [6, 6.07) is 6.75. The normalized spacial score (nSPS) is 10.0. The van der Waals surface area contributed by atoms with E-state index < -0.39 is 0 Å². The van der Waals surface area contributed by atoms with Crippen molar-refractivity contribution in [1.82, 2.24) is 10.6 Å². The maximum Gasteiger partial charge on any atom is 0.233 e. The van der Waals surface area contributed by atoms with Gasteiger partial charge >= 0.3 is 0 Å². The first-order chi connectivity index (χ1) is 9.74. The molecular formula is C14H22ClFN2O2S. The van der Waals surface area contributed by atoms with Crippen molar-refractivity contribution in [2.24, 2.45) is 0 Å². The Balaban J connectivity index is 0.00000400. The Bertz CT molecular complexity index is 410. The van der Waals surface area contributed by atoms with E-state index in [1.54, 1.807) is 31.0 Å². The second-order valence-corrected chi connectivity index (χ2v) is 5.27. The van der Waals surface area contributed by atoms with Gasteiger partial charge in [-0.25, -0.2) is 4.39 Å². The zero-order valence-corrected chi connectivity index (χ0v) is 13.7. The lowest BCUT2D eigenvalue weighted by molar-refractivity contribution is -0.120. The minimum Gasteiger partial charge on any atom is -0.383 e. The summed E-state index contributed by atoms with van der Waals surface area (Å²) in [7, 11) is 1.62. The molecule has 0 saturated carbocycles. The number of halogens is 2. The van der Waals surface area contributed by atoms with E-state index in [0.717, 1.165) is 5.75 Å². The molecule has 0 atom stereocenters. The molecule has 2 N–H and O–H groups in total. The molecule has 0 radical (unpaired) electrons. The van der Waals surface area contributed by atoms with Crippen LogP contribution in [-0.2, 0) is 15.3 Å². The van der Waals surface area contributed by atoms with Gasteiger partial charge in [0.25, 0.3) is 0 Å². The summed E-state index contributed by atoms with van der Waals surface area (Å²) in [5, 5.41) is 5.77. The Kier molecular flexibility index (Phi) is 12.4. The fourth-order valence-corrected chi connectivity index (χ4v) is 2.34. The van der Waals surface area contributed by atoms with E-state index in [9.17, 15) is 9.18 Å². The highest BCUT2D eigenvalue weighted by molar-refractivity contribution is 7.98. The van der Waals surface area contributed by atoms with Gasteiger partial charge in [-0.05, 0) is 11.6 Å². The number of thioether (sulfide) groups is 1. The van der Waals surface area contributed by atoms with Crippen LogP contribution in [0.25, 0.3) is 0 Å². The molecule has 0 fully saturated rings. The predicted molar refractivity (Wildman–Crippen MR) is 87.6 cm³/mol. The Hall–Kier alpha value is -0.820. The van der Waals surface area contributed by atoms with E-state index in [-0.39, 0.29) is 24.1 Å². The largest absolute Gasteiger partial charge is 0.383 e. The molecule has 120 valence electrons. The number of carbonyl (C=O) groups is 1. The number of methoxy groups -OCH3 is 1. The molecule has 7 heteroatoms. The van der Waals surface area contributed by atoms with Crippen LogP contribution in [0.15, 0.2) is 24.3 Å². The SMILES string of the molecule is COCCNCC(=O)NCCSCc1ccccc1F.Cl. The van der Waals surface area contributed by atoms with Crippen LogP contribution in [0, 0.1) is 5.82 Å². The van der Waals surface area contributed by atoms with Gasteiger partial charge in [-0.1, -0.05) is 18.2 Å².